The normalized spacial score (nSPS) is 25.3. The zero-order valence-electron chi connectivity index (χ0n) is 13.0. The molecule has 2 heterocycles. The molecule has 1 saturated heterocycles. The number of carbonyl (C=O) groups excluding carboxylic acids is 2. The molecule has 1 aliphatic carbocycles. The van der Waals surface area contributed by atoms with Crippen molar-refractivity contribution in [3.63, 3.8) is 0 Å². The van der Waals surface area contributed by atoms with Crippen LogP contribution in [0, 0.1) is 11.3 Å². The molecule has 1 N–H and O–H groups in total. The molecule has 0 bridgehead atoms. The SMILES string of the molecule is O=C1NC(=O)C2(CCCC2)C2C=CN(Cc3ccccc3)C=C12. The lowest BCUT2D eigenvalue weighted by Gasteiger charge is -2.41. The summed E-state index contributed by atoms with van der Waals surface area (Å²) < 4.78 is 0. The molecule has 3 aliphatic rings. The Kier molecular flexibility index (Phi) is 3.33. The van der Waals surface area contributed by atoms with E-state index in [0.29, 0.717) is 0 Å². The number of amides is 2. The van der Waals surface area contributed by atoms with Crippen LogP contribution < -0.4 is 5.32 Å². The lowest BCUT2D eigenvalue weighted by molar-refractivity contribution is -0.140. The Hall–Kier alpha value is -2.36. The van der Waals surface area contributed by atoms with E-state index in [9.17, 15) is 9.59 Å². The molecule has 1 aromatic rings. The van der Waals surface area contributed by atoms with Crippen LogP contribution in [0.5, 0.6) is 0 Å². The molecule has 4 rings (SSSR count). The van der Waals surface area contributed by atoms with Gasteiger partial charge in [0.1, 0.15) is 0 Å². The fourth-order valence-electron chi connectivity index (χ4n) is 4.16. The Bertz CT molecular complexity index is 699. The third kappa shape index (κ3) is 2.29. The van der Waals surface area contributed by atoms with Crippen molar-refractivity contribution in [2.45, 2.75) is 32.2 Å². The van der Waals surface area contributed by atoms with Gasteiger partial charge in [-0.15, -0.1) is 0 Å². The van der Waals surface area contributed by atoms with Gasteiger partial charge in [-0.1, -0.05) is 49.2 Å². The first-order valence-electron chi connectivity index (χ1n) is 8.24. The molecule has 1 atom stereocenters. The average Bonchev–Trinajstić information content (AvgIpc) is 3.05. The monoisotopic (exact) mass is 308 g/mol. The van der Waals surface area contributed by atoms with E-state index < -0.39 is 5.41 Å². The van der Waals surface area contributed by atoms with E-state index in [-0.39, 0.29) is 17.7 Å². The highest BCUT2D eigenvalue weighted by molar-refractivity contribution is 6.10. The molecule has 2 amide bonds. The summed E-state index contributed by atoms with van der Waals surface area (Å²) in [4.78, 5) is 26.8. The van der Waals surface area contributed by atoms with Crippen molar-refractivity contribution in [3.8, 4) is 0 Å². The summed E-state index contributed by atoms with van der Waals surface area (Å²) in [5.41, 5.74) is 1.51. The fourth-order valence-corrected chi connectivity index (χ4v) is 4.16. The Labute approximate surface area is 135 Å². The van der Waals surface area contributed by atoms with Crippen molar-refractivity contribution in [2.24, 2.45) is 11.3 Å². The zero-order chi connectivity index (χ0) is 15.9. The van der Waals surface area contributed by atoms with Gasteiger partial charge in [-0.2, -0.15) is 0 Å². The third-order valence-electron chi connectivity index (χ3n) is 5.35. The second-order valence-corrected chi connectivity index (χ2v) is 6.71. The molecule has 1 saturated carbocycles. The number of rotatable bonds is 2. The number of imide groups is 1. The Balaban J connectivity index is 1.63. The molecular weight excluding hydrogens is 288 g/mol. The minimum Gasteiger partial charge on any atom is -0.350 e. The van der Waals surface area contributed by atoms with Gasteiger partial charge in [0.25, 0.3) is 5.91 Å². The molecule has 4 nitrogen and oxygen atoms in total. The van der Waals surface area contributed by atoms with Crippen LogP contribution >= 0.6 is 0 Å². The third-order valence-corrected chi connectivity index (χ3v) is 5.35. The first-order valence-corrected chi connectivity index (χ1v) is 8.24. The topological polar surface area (TPSA) is 49.4 Å². The van der Waals surface area contributed by atoms with Gasteiger partial charge in [0.05, 0.1) is 5.41 Å². The number of nitrogens with one attached hydrogen (secondary N) is 1. The summed E-state index contributed by atoms with van der Waals surface area (Å²) in [6.45, 7) is 0.724. The Morgan fingerprint density at radius 2 is 1.87 bits per heavy atom. The summed E-state index contributed by atoms with van der Waals surface area (Å²) in [5.74, 6) is -0.387. The van der Waals surface area contributed by atoms with E-state index in [1.807, 2.05) is 35.5 Å². The number of fused-ring (bicyclic) bond motifs is 2. The summed E-state index contributed by atoms with van der Waals surface area (Å²) in [6, 6.07) is 10.2. The highest BCUT2D eigenvalue weighted by Crippen LogP contribution is 2.50. The molecule has 0 radical (unpaired) electrons. The number of nitrogens with zero attached hydrogens (tertiary/aromatic N) is 1. The van der Waals surface area contributed by atoms with Crippen molar-refractivity contribution in [1.82, 2.24) is 10.2 Å². The van der Waals surface area contributed by atoms with E-state index in [1.165, 1.54) is 5.56 Å². The molecule has 118 valence electrons. The van der Waals surface area contributed by atoms with Crippen LogP contribution in [-0.4, -0.2) is 16.7 Å². The smallest absolute Gasteiger partial charge is 0.255 e. The predicted octanol–water partition coefficient (Wildman–Crippen LogP) is 2.73. The van der Waals surface area contributed by atoms with Gasteiger partial charge in [-0.3, -0.25) is 14.9 Å². The number of allylic oxidation sites excluding steroid dienone is 1. The van der Waals surface area contributed by atoms with Crippen molar-refractivity contribution >= 4 is 11.8 Å². The van der Waals surface area contributed by atoms with E-state index in [2.05, 4.69) is 23.5 Å². The van der Waals surface area contributed by atoms with Gasteiger partial charge >= 0.3 is 0 Å². The first kappa shape index (κ1) is 14.2. The van der Waals surface area contributed by atoms with Crippen LogP contribution in [0.15, 0.2) is 54.4 Å². The highest BCUT2D eigenvalue weighted by Gasteiger charge is 2.53. The van der Waals surface area contributed by atoms with Crippen LogP contribution in [0.25, 0.3) is 0 Å². The maximum atomic E-state index is 12.4. The van der Waals surface area contributed by atoms with Gasteiger partial charge in [0.2, 0.25) is 5.91 Å². The predicted molar refractivity (Wildman–Crippen MR) is 86.7 cm³/mol. The maximum Gasteiger partial charge on any atom is 0.255 e. The van der Waals surface area contributed by atoms with E-state index in [1.54, 1.807) is 0 Å². The summed E-state index contributed by atoms with van der Waals surface area (Å²) in [6.07, 6.45) is 9.86. The molecule has 4 heteroatoms. The second-order valence-electron chi connectivity index (χ2n) is 6.71. The minimum absolute atomic E-state index is 0.0710. The number of hydrogen-bond donors (Lipinski definition) is 1. The van der Waals surface area contributed by atoms with Crippen LogP contribution in [0.3, 0.4) is 0 Å². The summed E-state index contributed by atoms with van der Waals surface area (Å²) >= 11 is 0. The molecule has 1 spiro atoms. The Morgan fingerprint density at radius 1 is 1.13 bits per heavy atom. The van der Waals surface area contributed by atoms with Gasteiger partial charge in [-0.25, -0.2) is 0 Å². The van der Waals surface area contributed by atoms with Crippen molar-refractivity contribution < 1.29 is 9.59 Å². The van der Waals surface area contributed by atoms with Gasteiger partial charge in [0, 0.05) is 30.4 Å². The molecule has 0 aromatic heterocycles. The molecule has 23 heavy (non-hydrogen) atoms. The van der Waals surface area contributed by atoms with Crippen LogP contribution in [0.1, 0.15) is 31.2 Å². The molecule has 2 aliphatic heterocycles. The summed E-state index contributed by atoms with van der Waals surface area (Å²) in [5, 5.41) is 2.59. The molecular formula is C19H20N2O2. The lowest BCUT2D eigenvalue weighted by Crippen LogP contribution is -2.54. The van der Waals surface area contributed by atoms with Crippen molar-refractivity contribution in [2.75, 3.05) is 0 Å². The Morgan fingerprint density at radius 3 is 2.61 bits per heavy atom. The van der Waals surface area contributed by atoms with E-state index >= 15 is 0 Å². The molecule has 1 unspecified atom stereocenters. The number of benzene rings is 1. The quantitative estimate of drug-likeness (QED) is 0.855. The van der Waals surface area contributed by atoms with Crippen molar-refractivity contribution in [1.29, 1.82) is 0 Å². The first-order chi connectivity index (χ1) is 11.2. The second kappa shape index (κ2) is 5.37. The summed E-state index contributed by atoms with van der Waals surface area (Å²) in [7, 11) is 0. The van der Waals surface area contributed by atoms with E-state index in [0.717, 1.165) is 37.8 Å². The lowest BCUT2D eigenvalue weighted by atomic mass is 9.67. The fraction of sp³-hybridized carbons (Fsp3) is 0.368. The van der Waals surface area contributed by atoms with Crippen LogP contribution in [0.2, 0.25) is 0 Å². The number of hydrogen-bond acceptors (Lipinski definition) is 3. The van der Waals surface area contributed by atoms with Crippen LogP contribution in [0.4, 0.5) is 0 Å². The maximum absolute atomic E-state index is 12.4. The highest BCUT2D eigenvalue weighted by atomic mass is 16.2. The van der Waals surface area contributed by atoms with E-state index in [4.69, 9.17) is 0 Å². The number of carbonyl (C=O) groups is 2. The van der Waals surface area contributed by atoms with Crippen LogP contribution in [-0.2, 0) is 16.1 Å². The van der Waals surface area contributed by atoms with Gasteiger partial charge in [0.15, 0.2) is 0 Å². The zero-order valence-corrected chi connectivity index (χ0v) is 13.0. The molecule has 1 aromatic carbocycles. The average molecular weight is 308 g/mol. The number of piperidine rings is 1. The largest absolute Gasteiger partial charge is 0.350 e. The van der Waals surface area contributed by atoms with Gasteiger partial charge < -0.3 is 4.90 Å². The molecule has 2 fully saturated rings. The minimum atomic E-state index is -0.408. The van der Waals surface area contributed by atoms with Gasteiger partial charge in [-0.05, 0) is 18.4 Å². The van der Waals surface area contributed by atoms with Crippen molar-refractivity contribution in [3.05, 3.63) is 59.9 Å². The standard InChI is InChI=1S/C19H20N2O2/c22-17-15-13-21(12-14-6-2-1-3-7-14)11-8-16(15)19(18(23)20-17)9-4-5-10-19/h1-3,6-8,11,13,16H,4-5,9-10,12H2,(H,20,22,23).